The molecule has 0 aromatic heterocycles. The lowest BCUT2D eigenvalue weighted by molar-refractivity contribution is 0.0296. The second-order valence-electron chi connectivity index (χ2n) is 4.95. The van der Waals surface area contributed by atoms with Gasteiger partial charge in [0, 0.05) is 5.41 Å². The number of benzene rings is 1. The van der Waals surface area contributed by atoms with Crippen molar-refractivity contribution in [3.8, 4) is 0 Å². The van der Waals surface area contributed by atoms with Crippen molar-refractivity contribution in [1.29, 1.82) is 0 Å². The van der Waals surface area contributed by atoms with Gasteiger partial charge >= 0.3 is 6.09 Å². The number of rotatable bonds is 2. The van der Waals surface area contributed by atoms with Crippen molar-refractivity contribution in [1.82, 2.24) is 0 Å². The molecule has 0 heterocycles. The average Bonchev–Trinajstić information content (AvgIpc) is 2.33. The van der Waals surface area contributed by atoms with Crippen molar-refractivity contribution in [3.63, 3.8) is 0 Å². The Morgan fingerprint density at radius 1 is 1.35 bits per heavy atom. The molecular weight excluding hydrogens is 214 g/mol. The Morgan fingerprint density at radius 2 is 2.06 bits per heavy atom. The average molecular weight is 233 g/mol. The van der Waals surface area contributed by atoms with Gasteiger partial charge in [0.05, 0.1) is 0 Å². The summed E-state index contributed by atoms with van der Waals surface area (Å²) in [4.78, 5) is 11.0. The van der Waals surface area contributed by atoms with E-state index >= 15 is 0 Å². The molecule has 2 rings (SSSR count). The maximum atomic E-state index is 11.0. The predicted octanol–water partition coefficient (Wildman–Crippen LogP) is 2.98. The van der Waals surface area contributed by atoms with Gasteiger partial charge in [0.2, 0.25) is 0 Å². The molecule has 1 aliphatic rings. The van der Waals surface area contributed by atoms with Gasteiger partial charge in [0.25, 0.3) is 0 Å². The highest BCUT2D eigenvalue weighted by Crippen LogP contribution is 2.40. The number of carbonyl (C=O) groups is 1. The minimum absolute atomic E-state index is 0.101. The van der Waals surface area contributed by atoms with E-state index < -0.39 is 6.09 Å². The number of carbonyl (C=O) groups excluding carboxylic acids is 1. The third kappa shape index (κ3) is 2.43. The lowest BCUT2D eigenvalue weighted by Gasteiger charge is -2.40. The van der Waals surface area contributed by atoms with E-state index in [4.69, 9.17) is 10.5 Å². The fraction of sp³-hybridized carbons (Fsp3) is 0.500. The van der Waals surface area contributed by atoms with E-state index in [9.17, 15) is 4.79 Å². The van der Waals surface area contributed by atoms with E-state index in [0.717, 1.165) is 19.3 Å². The standard InChI is InChI=1S/C14H19NO2/c1-14(11-7-3-2-4-8-11)10-6-5-9-12(14)17-13(15)16/h2-4,7-8,12H,5-6,9-10H2,1H3,(H2,15,16)/t12-,14-/m0/s1. The van der Waals surface area contributed by atoms with Crippen molar-refractivity contribution < 1.29 is 9.53 Å². The molecule has 2 N–H and O–H groups in total. The van der Waals surface area contributed by atoms with Crippen LogP contribution in [-0.2, 0) is 10.2 Å². The molecule has 1 amide bonds. The van der Waals surface area contributed by atoms with Crippen molar-refractivity contribution in [3.05, 3.63) is 35.9 Å². The van der Waals surface area contributed by atoms with E-state index in [-0.39, 0.29) is 11.5 Å². The lowest BCUT2D eigenvalue weighted by Crippen LogP contribution is -2.43. The summed E-state index contributed by atoms with van der Waals surface area (Å²) in [6.07, 6.45) is 3.43. The van der Waals surface area contributed by atoms with Gasteiger partial charge in [-0.1, -0.05) is 43.7 Å². The molecule has 0 unspecified atom stereocenters. The summed E-state index contributed by atoms with van der Waals surface area (Å²) in [6, 6.07) is 10.2. The number of hydrogen-bond acceptors (Lipinski definition) is 2. The molecule has 0 bridgehead atoms. The second kappa shape index (κ2) is 4.78. The molecule has 17 heavy (non-hydrogen) atoms. The maximum Gasteiger partial charge on any atom is 0.404 e. The first kappa shape index (κ1) is 12.0. The molecule has 1 saturated carbocycles. The van der Waals surface area contributed by atoms with Gasteiger partial charge in [-0.25, -0.2) is 4.79 Å². The lowest BCUT2D eigenvalue weighted by atomic mass is 9.69. The molecule has 1 aromatic rings. The Kier molecular flexibility index (Phi) is 3.36. The fourth-order valence-corrected chi connectivity index (χ4v) is 2.78. The van der Waals surface area contributed by atoms with E-state index in [1.165, 1.54) is 12.0 Å². The van der Waals surface area contributed by atoms with Crippen LogP contribution in [0.5, 0.6) is 0 Å². The first-order valence-electron chi connectivity index (χ1n) is 6.14. The molecule has 0 spiro atoms. The Morgan fingerprint density at radius 3 is 2.71 bits per heavy atom. The van der Waals surface area contributed by atoms with Crippen molar-refractivity contribution >= 4 is 6.09 Å². The van der Waals surface area contributed by atoms with Crippen molar-refractivity contribution in [2.75, 3.05) is 0 Å². The molecule has 1 fully saturated rings. The number of ether oxygens (including phenoxy) is 1. The van der Waals surface area contributed by atoms with Crippen LogP contribution in [0.3, 0.4) is 0 Å². The molecule has 92 valence electrons. The predicted molar refractivity (Wildman–Crippen MR) is 66.7 cm³/mol. The van der Waals surface area contributed by atoms with Gasteiger partial charge in [-0.3, -0.25) is 0 Å². The van der Waals surface area contributed by atoms with E-state index in [2.05, 4.69) is 19.1 Å². The smallest absolute Gasteiger partial charge is 0.404 e. The number of nitrogens with two attached hydrogens (primary N) is 1. The molecule has 0 radical (unpaired) electrons. The Hall–Kier alpha value is -1.51. The quantitative estimate of drug-likeness (QED) is 0.853. The number of hydrogen-bond donors (Lipinski definition) is 1. The number of primary amides is 1. The second-order valence-corrected chi connectivity index (χ2v) is 4.95. The van der Waals surface area contributed by atoms with Gasteiger partial charge in [0.1, 0.15) is 6.10 Å². The third-order valence-corrected chi connectivity index (χ3v) is 3.81. The fourth-order valence-electron chi connectivity index (χ4n) is 2.78. The summed E-state index contributed by atoms with van der Waals surface area (Å²) >= 11 is 0. The van der Waals surface area contributed by atoms with Gasteiger partial charge < -0.3 is 10.5 Å². The van der Waals surface area contributed by atoms with Crippen molar-refractivity contribution in [2.45, 2.75) is 44.1 Å². The van der Waals surface area contributed by atoms with Crippen LogP contribution in [0.2, 0.25) is 0 Å². The van der Waals surface area contributed by atoms with Crippen LogP contribution in [0.4, 0.5) is 4.79 Å². The van der Waals surface area contributed by atoms with Gasteiger partial charge in [-0.2, -0.15) is 0 Å². The molecule has 3 heteroatoms. The van der Waals surface area contributed by atoms with Gasteiger partial charge in [-0.15, -0.1) is 0 Å². The molecule has 1 aromatic carbocycles. The summed E-state index contributed by atoms with van der Waals surface area (Å²) in [7, 11) is 0. The van der Waals surface area contributed by atoms with E-state index in [1.807, 2.05) is 18.2 Å². The Labute approximate surface area is 102 Å². The Balaban J connectivity index is 2.28. The van der Waals surface area contributed by atoms with Crippen LogP contribution >= 0.6 is 0 Å². The molecular formula is C14H19NO2. The van der Waals surface area contributed by atoms with E-state index in [1.54, 1.807) is 0 Å². The molecule has 3 nitrogen and oxygen atoms in total. The summed E-state index contributed by atoms with van der Waals surface area (Å²) in [6.45, 7) is 2.16. The monoisotopic (exact) mass is 233 g/mol. The minimum atomic E-state index is -0.668. The summed E-state index contributed by atoms with van der Waals surface area (Å²) in [5.74, 6) is 0. The first-order valence-corrected chi connectivity index (χ1v) is 6.14. The summed E-state index contributed by atoms with van der Waals surface area (Å²) < 4.78 is 5.30. The summed E-state index contributed by atoms with van der Waals surface area (Å²) in [5.41, 5.74) is 6.29. The van der Waals surface area contributed by atoms with Crippen LogP contribution in [0, 0.1) is 0 Å². The zero-order valence-electron chi connectivity index (χ0n) is 10.2. The highest BCUT2D eigenvalue weighted by Gasteiger charge is 2.40. The van der Waals surface area contributed by atoms with Crippen LogP contribution in [0.25, 0.3) is 0 Å². The highest BCUT2D eigenvalue weighted by atomic mass is 16.6. The van der Waals surface area contributed by atoms with E-state index in [0.29, 0.717) is 0 Å². The van der Waals surface area contributed by atoms with Gasteiger partial charge in [0.15, 0.2) is 0 Å². The molecule has 0 saturated heterocycles. The zero-order chi connectivity index (χ0) is 12.3. The Bertz CT molecular complexity index is 390. The number of amides is 1. The molecule has 2 atom stereocenters. The SMILES string of the molecule is C[C@@]1(c2ccccc2)CCCC[C@@H]1OC(N)=O. The summed E-state index contributed by atoms with van der Waals surface area (Å²) in [5, 5.41) is 0. The van der Waals surface area contributed by atoms with Crippen LogP contribution in [0.1, 0.15) is 38.2 Å². The van der Waals surface area contributed by atoms with Crippen LogP contribution in [-0.4, -0.2) is 12.2 Å². The highest BCUT2D eigenvalue weighted by molar-refractivity contribution is 5.65. The maximum absolute atomic E-state index is 11.0. The zero-order valence-corrected chi connectivity index (χ0v) is 10.2. The largest absolute Gasteiger partial charge is 0.445 e. The van der Waals surface area contributed by atoms with Crippen LogP contribution in [0.15, 0.2) is 30.3 Å². The van der Waals surface area contributed by atoms with Crippen LogP contribution < -0.4 is 5.73 Å². The topological polar surface area (TPSA) is 52.3 Å². The van der Waals surface area contributed by atoms with Gasteiger partial charge in [-0.05, 0) is 24.8 Å². The molecule has 0 aliphatic heterocycles. The molecule has 1 aliphatic carbocycles. The van der Waals surface area contributed by atoms with Crippen molar-refractivity contribution in [2.24, 2.45) is 5.73 Å². The first-order chi connectivity index (χ1) is 8.13. The normalized spacial score (nSPS) is 28.6. The third-order valence-electron chi connectivity index (χ3n) is 3.81. The minimum Gasteiger partial charge on any atom is -0.445 e.